The maximum absolute atomic E-state index is 14.3. The SMILES string of the molecule is O=C(CSc1nnc(-c2ccccc2F)n1C1CC1)Nc1nc(-c2ccc(F)c(F)c2)cs1. The molecule has 0 spiro atoms. The third-order valence-corrected chi connectivity index (χ3v) is 6.69. The fourth-order valence-corrected chi connectivity index (χ4v) is 4.81. The quantitative estimate of drug-likeness (QED) is 0.346. The van der Waals surface area contributed by atoms with E-state index in [0.29, 0.717) is 32.9 Å². The first-order valence-corrected chi connectivity index (χ1v) is 11.9. The Bertz CT molecular complexity index is 1340. The molecule has 6 nitrogen and oxygen atoms in total. The van der Waals surface area contributed by atoms with E-state index in [2.05, 4.69) is 20.5 Å². The van der Waals surface area contributed by atoms with E-state index >= 15 is 0 Å². The van der Waals surface area contributed by atoms with Crippen molar-refractivity contribution in [1.82, 2.24) is 19.7 Å². The summed E-state index contributed by atoms with van der Waals surface area (Å²) in [7, 11) is 0. The lowest BCUT2D eigenvalue weighted by molar-refractivity contribution is -0.113. The van der Waals surface area contributed by atoms with Gasteiger partial charge in [-0.25, -0.2) is 18.2 Å². The Hall–Kier alpha value is -3.18. The molecule has 1 aliphatic rings. The van der Waals surface area contributed by atoms with Gasteiger partial charge in [0.15, 0.2) is 27.7 Å². The van der Waals surface area contributed by atoms with E-state index in [1.165, 1.54) is 35.2 Å². The van der Waals surface area contributed by atoms with Crippen LogP contribution in [0.1, 0.15) is 18.9 Å². The Morgan fingerprint density at radius 3 is 2.67 bits per heavy atom. The molecule has 1 amide bonds. The smallest absolute Gasteiger partial charge is 0.236 e. The molecule has 0 atom stereocenters. The minimum Gasteiger partial charge on any atom is -0.301 e. The molecule has 0 radical (unpaired) electrons. The molecule has 1 N–H and O–H groups in total. The van der Waals surface area contributed by atoms with Gasteiger partial charge in [0.25, 0.3) is 0 Å². The second-order valence-corrected chi connectivity index (χ2v) is 9.19. The molecule has 0 saturated heterocycles. The molecule has 11 heteroatoms. The number of halogens is 3. The first-order valence-electron chi connectivity index (χ1n) is 10.0. The molecule has 0 aliphatic heterocycles. The number of thioether (sulfide) groups is 1. The van der Waals surface area contributed by atoms with Crippen molar-refractivity contribution in [3.8, 4) is 22.6 Å². The molecule has 2 heterocycles. The summed E-state index contributed by atoms with van der Waals surface area (Å²) >= 11 is 2.39. The van der Waals surface area contributed by atoms with Gasteiger partial charge in [0.05, 0.1) is 17.0 Å². The number of hydrogen-bond donors (Lipinski definition) is 1. The second-order valence-electron chi connectivity index (χ2n) is 7.39. The molecular weight excluding hydrogens is 471 g/mol. The van der Waals surface area contributed by atoms with E-state index in [0.717, 1.165) is 25.0 Å². The van der Waals surface area contributed by atoms with Crippen LogP contribution < -0.4 is 5.32 Å². The Balaban J connectivity index is 1.26. The highest BCUT2D eigenvalue weighted by molar-refractivity contribution is 7.99. The molecule has 1 fully saturated rings. The number of anilines is 1. The Labute approximate surface area is 194 Å². The zero-order valence-corrected chi connectivity index (χ0v) is 18.6. The first kappa shape index (κ1) is 21.7. The lowest BCUT2D eigenvalue weighted by atomic mass is 10.2. The Morgan fingerprint density at radius 1 is 1.09 bits per heavy atom. The highest BCUT2D eigenvalue weighted by Crippen LogP contribution is 2.41. The molecule has 5 rings (SSSR count). The van der Waals surface area contributed by atoms with E-state index in [9.17, 15) is 18.0 Å². The standard InChI is InChI=1S/C22H16F3N5OS2/c23-15-4-2-1-3-14(15)20-28-29-22(30(20)13-6-7-13)33-11-19(31)27-21-26-18(10-32-21)12-5-8-16(24)17(25)9-12/h1-5,8-10,13H,6-7,11H2,(H,26,27,31). The van der Waals surface area contributed by atoms with E-state index in [1.54, 1.807) is 23.6 Å². The summed E-state index contributed by atoms with van der Waals surface area (Å²) in [5.74, 6) is -2.06. The summed E-state index contributed by atoms with van der Waals surface area (Å²) in [4.78, 5) is 16.7. The molecule has 168 valence electrons. The summed E-state index contributed by atoms with van der Waals surface area (Å²) in [6.45, 7) is 0. The summed E-state index contributed by atoms with van der Waals surface area (Å²) in [5, 5.41) is 13.6. The van der Waals surface area contributed by atoms with Gasteiger partial charge in [0, 0.05) is 17.0 Å². The number of aromatic nitrogens is 4. The third kappa shape index (κ3) is 4.64. The van der Waals surface area contributed by atoms with Gasteiger partial charge in [-0.2, -0.15) is 0 Å². The first-order chi connectivity index (χ1) is 16.0. The minimum absolute atomic E-state index is 0.0578. The van der Waals surface area contributed by atoms with Crippen LogP contribution in [0, 0.1) is 17.5 Å². The zero-order valence-electron chi connectivity index (χ0n) is 17.0. The van der Waals surface area contributed by atoms with Crippen molar-refractivity contribution in [2.24, 2.45) is 0 Å². The van der Waals surface area contributed by atoms with Crippen molar-refractivity contribution in [2.75, 3.05) is 11.1 Å². The number of nitrogens with zero attached hydrogens (tertiary/aromatic N) is 4. The largest absolute Gasteiger partial charge is 0.301 e. The Kier molecular flexibility index (Phi) is 5.90. The van der Waals surface area contributed by atoms with Crippen LogP contribution in [0.15, 0.2) is 53.0 Å². The van der Waals surface area contributed by atoms with Crippen molar-refractivity contribution in [3.63, 3.8) is 0 Å². The number of benzene rings is 2. The highest BCUT2D eigenvalue weighted by Gasteiger charge is 2.31. The van der Waals surface area contributed by atoms with Crippen LogP contribution in [0.4, 0.5) is 18.3 Å². The molecule has 0 bridgehead atoms. The summed E-state index contributed by atoms with van der Waals surface area (Å²) in [6, 6.07) is 10.1. The van der Waals surface area contributed by atoms with Crippen LogP contribution >= 0.6 is 23.1 Å². The van der Waals surface area contributed by atoms with Crippen LogP contribution in [0.2, 0.25) is 0 Å². The fourth-order valence-electron chi connectivity index (χ4n) is 3.27. The topological polar surface area (TPSA) is 72.7 Å². The average Bonchev–Trinajstić information content (AvgIpc) is 3.38. The van der Waals surface area contributed by atoms with Crippen LogP contribution in [0.25, 0.3) is 22.6 Å². The minimum atomic E-state index is -0.961. The van der Waals surface area contributed by atoms with Gasteiger partial charge in [0.2, 0.25) is 5.91 Å². The predicted molar refractivity (Wildman–Crippen MR) is 121 cm³/mol. The fraction of sp³-hybridized carbons (Fsp3) is 0.182. The van der Waals surface area contributed by atoms with E-state index in [4.69, 9.17) is 0 Å². The molecule has 1 saturated carbocycles. The summed E-state index contributed by atoms with van der Waals surface area (Å²) in [6.07, 6.45) is 1.90. The van der Waals surface area contributed by atoms with Gasteiger partial charge in [0.1, 0.15) is 5.82 Å². The third-order valence-electron chi connectivity index (χ3n) is 4.99. The van der Waals surface area contributed by atoms with Crippen molar-refractivity contribution in [3.05, 3.63) is 65.3 Å². The van der Waals surface area contributed by atoms with Gasteiger partial charge in [-0.3, -0.25) is 9.36 Å². The second kappa shape index (κ2) is 8.99. The molecular formula is C22H16F3N5OS2. The maximum Gasteiger partial charge on any atom is 0.236 e. The van der Waals surface area contributed by atoms with Crippen molar-refractivity contribution in [2.45, 2.75) is 24.0 Å². The summed E-state index contributed by atoms with van der Waals surface area (Å²) in [5.41, 5.74) is 1.23. The number of hydrogen-bond acceptors (Lipinski definition) is 6. The van der Waals surface area contributed by atoms with Crippen molar-refractivity contribution in [1.29, 1.82) is 0 Å². The molecule has 33 heavy (non-hydrogen) atoms. The van der Waals surface area contributed by atoms with Crippen LogP contribution in [0.3, 0.4) is 0 Å². The Morgan fingerprint density at radius 2 is 1.91 bits per heavy atom. The van der Waals surface area contributed by atoms with Gasteiger partial charge in [-0.1, -0.05) is 23.9 Å². The van der Waals surface area contributed by atoms with Crippen molar-refractivity contribution < 1.29 is 18.0 Å². The van der Waals surface area contributed by atoms with Crippen molar-refractivity contribution >= 4 is 34.1 Å². The molecule has 0 unspecified atom stereocenters. The molecule has 4 aromatic rings. The lowest BCUT2D eigenvalue weighted by Crippen LogP contribution is -2.14. The number of amides is 1. The molecule has 1 aliphatic carbocycles. The monoisotopic (exact) mass is 487 g/mol. The van der Waals surface area contributed by atoms with Gasteiger partial charge >= 0.3 is 0 Å². The van der Waals surface area contributed by atoms with E-state index in [-0.39, 0.29) is 23.5 Å². The predicted octanol–water partition coefficient (Wildman–Crippen LogP) is 5.55. The number of nitrogens with one attached hydrogen (secondary N) is 1. The maximum atomic E-state index is 14.3. The van der Waals surface area contributed by atoms with E-state index < -0.39 is 11.6 Å². The van der Waals surface area contributed by atoms with Crippen LogP contribution in [0.5, 0.6) is 0 Å². The summed E-state index contributed by atoms with van der Waals surface area (Å²) < 4.78 is 42.8. The number of carbonyl (C=O) groups is 1. The number of carbonyl (C=O) groups excluding carboxylic acids is 1. The van der Waals surface area contributed by atoms with Crippen LogP contribution in [-0.2, 0) is 4.79 Å². The normalized spacial score (nSPS) is 13.3. The molecule has 2 aromatic heterocycles. The molecule has 2 aromatic carbocycles. The van der Waals surface area contributed by atoms with E-state index in [1.807, 2.05) is 4.57 Å². The van der Waals surface area contributed by atoms with Gasteiger partial charge in [-0.15, -0.1) is 21.5 Å². The van der Waals surface area contributed by atoms with Gasteiger partial charge in [-0.05, 0) is 43.2 Å². The zero-order chi connectivity index (χ0) is 22.9. The lowest BCUT2D eigenvalue weighted by Gasteiger charge is -2.09. The number of rotatable bonds is 7. The average molecular weight is 488 g/mol. The number of thiazole rings is 1. The highest BCUT2D eigenvalue weighted by atomic mass is 32.2. The van der Waals surface area contributed by atoms with Gasteiger partial charge < -0.3 is 5.32 Å². The van der Waals surface area contributed by atoms with Crippen LogP contribution in [-0.4, -0.2) is 31.4 Å².